The Labute approximate surface area is 110 Å². The second-order valence-electron chi connectivity index (χ2n) is 3.92. The van der Waals surface area contributed by atoms with Crippen molar-refractivity contribution in [2.24, 2.45) is 0 Å². The van der Waals surface area contributed by atoms with Crippen molar-refractivity contribution < 1.29 is 13.9 Å². The first-order valence-electron chi connectivity index (χ1n) is 5.60. The van der Waals surface area contributed by atoms with Crippen LogP contribution in [0.15, 0.2) is 42.5 Å². The molecule has 3 N–H and O–H groups in total. The molecule has 0 aliphatic heterocycles. The molecule has 0 saturated carbocycles. The number of nitrogen functional groups attached to an aromatic ring is 1. The number of anilines is 2. The third-order valence-electron chi connectivity index (χ3n) is 2.58. The fraction of sp³-hybridized carbons (Fsp3) is 0.0714. The molecule has 0 atom stereocenters. The van der Waals surface area contributed by atoms with Crippen LogP contribution in [0.2, 0.25) is 0 Å². The number of hydrogen-bond donors (Lipinski definition) is 2. The van der Waals surface area contributed by atoms with E-state index in [1.165, 1.54) is 31.4 Å². The second-order valence-corrected chi connectivity index (χ2v) is 3.92. The van der Waals surface area contributed by atoms with E-state index in [2.05, 4.69) is 5.32 Å². The van der Waals surface area contributed by atoms with E-state index in [-0.39, 0.29) is 5.91 Å². The predicted molar refractivity (Wildman–Crippen MR) is 71.8 cm³/mol. The molecule has 98 valence electrons. The monoisotopic (exact) mass is 260 g/mol. The Hall–Kier alpha value is -2.56. The summed E-state index contributed by atoms with van der Waals surface area (Å²) < 4.78 is 17.9. The minimum absolute atomic E-state index is 0.353. The minimum Gasteiger partial charge on any atom is -0.495 e. The summed E-state index contributed by atoms with van der Waals surface area (Å²) in [6.07, 6.45) is 0. The molecule has 0 heterocycles. The Morgan fingerprint density at radius 1 is 1.21 bits per heavy atom. The van der Waals surface area contributed by atoms with Crippen molar-refractivity contribution in [3.8, 4) is 5.75 Å². The molecule has 0 aliphatic rings. The van der Waals surface area contributed by atoms with Crippen LogP contribution in [0, 0.1) is 5.82 Å². The summed E-state index contributed by atoms with van der Waals surface area (Å²) in [5, 5.41) is 2.67. The largest absolute Gasteiger partial charge is 0.495 e. The zero-order valence-electron chi connectivity index (χ0n) is 10.3. The van der Waals surface area contributed by atoms with Gasteiger partial charge in [-0.05, 0) is 42.5 Å². The van der Waals surface area contributed by atoms with Crippen molar-refractivity contribution >= 4 is 17.3 Å². The Morgan fingerprint density at radius 2 is 1.89 bits per heavy atom. The van der Waals surface area contributed by atoms with Gasteiger partial charge in [0, 0.05) is 11.3 Å². The molecule has 4 nitrogen and oxygen atoms in total. The van der Waals surface area contributed by atoms with E-state index in [0.29, 0.717) is 22.7 Å². The Balaban J connectivity index is 2.23. The van der Waals surface area contributed by atoms with E-state index >= 15 is 0 Å². The molecule has 1 amide bonds. The fourth-order valence-electron chi connectivity index (χ4n) is 1.62. The summed E-state index contributed by atoms with van der Waals surface area (Å²) >= 11 is 0. The lowest BCUT2D eigenvalue weighted by Gasteiger charge is -2.10. The van der Waals surface area contributed by atoms with E-state index in [4.69, 9.17) is 10.5 Å². The molecule has 5 heteroatoms. The maximum atomic E-state index is 12.8. The summed E-state index contributed by atoms with van der Waals surface area (Å²) in [6, 6.07) is 10.2. The van der Waals surface area contributed by atoms with E-state index in [1.54, 1.807) is 18.2 Å². The highest BCUT2D eigenvalue weighted by molar-refractivity contribution is 6.05. The number of nitrogens with one attached hydrogen (secondary N) is 1. The first-order valence-corrected chi connectivity index (χ1v) is 5.60. The van der Waals surface area contributed by atoms with Crippen LogP contribution in [0.1, 0.15) is 10.4 Å². The van der Waals surface area contributed by atoms with Gasteiger partial charge >= 0.3 is 0 Å². The SMILES string of the molecule is COc1ccc(N)cc1NC(=O)c1ccc(F)cc1. The molecular formula is C14H13FN2O2. The van der Waals surface area contributed by atoms with E-state index in [0.717, 1.165) is 0 Å². The first-order chi connectivity index (χ1) is 9.10. The zero-order chi connectivity index (χ0) is 13.8. The Kier molecular flexibility index (Phi) is 3.66. The van der Waals surface area contributed by atoms with E-state index in [1.807, 2.05) is 0 Å². The lowest BCUT2D eigenvalue weighted by Crippen LogP contribution is -2.12. The van der Waals surface area contributed by atoms with Crippen molar-refractivity contribution in [3.63, 3.8) is 0 Å². The molecule has 0 bridgehead atoms. The zero-order valence-corrected chi connectivity index (χ0v) is 10.3. The number of halogens is 1. The maximum absolute atomic E-state index is 12.8. The van der Waals surface area contributed by atoms with Gasteiger partial charge in [0.05, 0.1) is 12.8 Å². The van der Waals surface area contributed by atoms with Gasteiger partial charge in [-0.1, -0.05) is 0 Å². The molecule has 0 radical (unpaired) electrons. The van der Waals surface area contributed by atoms with Crippen LogP contribution < -0.4 is 15.8 Å². The number of rotatable bonds is 3. The predicted octanol–water partition coefficient (Wildman–Crippen LogP) is 2.67. The number of methoxy groups -OCH3 is 1. The standard InChI is InChI=1S/C14H13FN2O2/c1-19-13-7-6-11(16)8-12(13)17-14(18)9-2-4-10(15)5-3-9/h2-8H,16H2,1H3,(H,17,18). The van der Waals surface area contributed by atoms with Crippen molar-refractivity contribution in [3.05, 3.63) is 53.8 Å². The second kappa shape index (κ2) is 5.39. The molecule has 0 fully saturated rings. The highest BCUT2D eigenvalue weighted by Gasteiger charge is 2.10. The van der Waals surface area contributed by atoms with Gasteiger partial charge < -0.3 is 15.8 Å². The van der Waals surface area contributed by atoms with Crippen LogP contribution in [-0.2, 0) is 0 Å². The highest BCUT2D eigenvalue weighted by atomic mass is 19.1. The number of benzene rings is 2. The smallest absolute Gasteiger partial charge is 0.255 e. The number of carbonyl (C=O) groups excluding carboxylic acids is 1. The first kappa shape index (κ1) is 12.9. The minimum atomic E-state index is -0.391. The van der Waals surface area contributed by atoms with Crippen LogP contribution in [-0.4, -0.2) is 13.0 Å². The summed E-state index contributed by atoms with van der Waals surface area (Å²) in [5.41, 5.74) is 6.99. The summed E-state index contributed by atoms with van der Waals surface area (Å²) in [7, 11) is 1.50. The van der Waals surface area contributed by atoms with Crippen LogP contribution in [0.25, 0.3) is 0 Å². The summed E-state index contributed by atoms with van der Waals surface area (Å²) in [4.78, 5) is 12.0. The lowest BCUT2D eigenvalue weighted by atomic mass is 10.2. The Morgan fingerprint density at radius 3 is 2.53 bits per heavy atom. The Bertz CT molecular complexity index is 597. The number of hydrogen-bond acceptors (Lipinski definition) is 3. The highest BCUT2D eigenvalue weighted by Crippen LogP contribution is 2.26. The van der Waals surface area contributed by atoms with Crippen LogP contribution in [0.4, 0.5) is 15.8 Å². The molecule has 0 aromatic heterocycles. The van der Waals surface area contributed by atoms with Gasteiger partial charge in [-0.3, -0.25) is 4.79 Å². The molecule has 0 spiro atoms. The van der Waals surface area contributed by atoms with E-state index < -0.39 is 5.82 Å². The molecule has 0 saturated heterocycles. The molecule has 19 heavy (non-hydrogen) atoms. The number of ether oxygens (including phenoxy) is 1. The molecule has 0 unspecified atom stereocenters. The van der Waals surface area contributed by atoms with Gasteiger partial charge in [0.25, 0.3) is 5.91 Å². The van der Waals surface area contributed by atoms with Crippen molar-refractivity contribution in [1.82, 2.24) is 0 Å². The average Bonchev–Trinajstić information content (AvgIpc) is 2.39. The number of carbonyl (C=O) groups is 1. The third-order valence-corrected chi connectivity index (χ3v) is 2.58. The quantitative estimate of drug-likeness (QED) is 0.834. The van der Waals surface area contributed by atoms with Crippen molar-refractivity contribution in [1.29, 1.82) is 0 Å². The molecular weight excluding hydrogens is 247 g/mol. The van der Waals surface area contributed by atoms with Crippen LogP contribution >= 0.6 is 0 Å². The van der Waals surface area contributed by atoms with Gasteiger partial charge in [0.1, 0.15) is 11.6 Å². The fourth-order valence-corrected chi connectivity index (χ4v) is 1.62. The molecule has 0 aliphatic carbocycles. The lowest BCUT2D eigenvalue weighted by molar-refractivity contribution is 0.102. The summed E-state index contributed by atoms with van der Waals surface area (Å²) in [5.74, 6) is -0.244. The van der Waals surface area contributed by atoms with Gasteiger partial charge in [-0.2, -0.15) is 0 Å². The molecule has 2 aromatic carbocycles. The number of amides is 1. The number of nitrogens with two attached hydrogens (primary N) is 1. The average molecular weight is 260 g/mol. The van der Waals surface area contributed by atoms with Gasteiger partial charge in [0.2, 0.25) is 0 Å². The summed E-state index contributed by atoms with van der Waals surface area (Å²) in [6.45, 7) is 0. The third kappa shape index (κ3) is 3.01. The van der Waals surface area contributed by atoms with Crippen molar-refractivity contribution in [2.75, 3.05) is 18.2 Å². The topological polar surface area (TPSA) is 64.3 Å². The maximum Gasteiger partial charge on any atom is 0.255 e. The van der Waals surface area contributed by atoms with Crippen molar-refractivity contribution in [2.45, 2.75) is 0 Å². The van der Waals surface area contributed by atoms with Crippen LogP contribution in [0.5, 0.6) is 5.75 Å². The van der Waals surface area contributed by atoms with Gasteiger partial charge in [-0.15, -0.1) is 0 Å². The molecule has 2 rings (SSSR count). The van der Waals surface area contributed by atoms with E-state index in [9.17, 15) is 9.18 Å². The molecule has 2 aromatic rings. The van der Waals surface area contributed by atoms with Gasteiger partial charge in [0.15, 0.2) is 0 Å². The normalized spacial score (nSPS) is 10.0. The van der Waals surface area contributed by atoms with Gasteiger partial charge in [-0.25, -0.2) is 4.39 Å². The van der Waals surface area contributed by atoms with Crippen LogP contribution in [0.3, 0.4) is 0 Å².